The zero-order valence-corrected chi connectivity index (χ0v) is 17.9. The molecule has 11 heteroatoms. The minimum Gasteiger partial charge on any atom is -0.383 e. The van der Waals surface area contributed by atoms with Crippen molar-refractivity contribution in [2.75, 3.05) is 12.8 Å². The van der Waals surface area contributed by atoms with Crippen molar-refractivity contribution in [2.45, 2.75) is 13.5 Å². The third-order valence-corrected chi connectivity index (χ3v) is 5.42. The highest BCUT2D eigenvalue weighted by Gasteiger charge is 2.26. The maximum atomic E-state index is 14.3. The second-order valence-electron chi connectivity index (χ2n) is 7.51. The van der Waals surface area contributed by atoms with Gasteiger partial charge in [0.05, 0.1) is 29.2 Å². The van der Waals surface area contributed by atoms with Crippen molar-refractivity contribution in [3.8, 4) is 0 Å². The molecule has 0 aliphatic rings. The van der Waals surface area contributed by atoms with E-state index in [9.17, 15) is 22.8 Å². The Morgan fingerprint density at radius 3 is 2.39 bits per heavy atom. The number of nitrogens with zero attached hydrogens (tertiary/aromatic N) is 5. The van der Waals surface area contributed by atoms with Gasteiger partial charge in [0.1, 0.15) is 23.3 Å². The zero-order valence-electron chi connectivity index (χ0n) is 17.9. The Bertz CT molecular complexity index is 1410. The number of hydrazine groups is 1. The number of halogens is 3. The molecule has 8 nitrogen and oxygen atoms in total. The first-order chi connectivity index (χ1) is 15.6. The van der Waals surface area contributed by atoms with Crippen LogP contribution in [0.4, 0.5) is 19.0 Å². The molecular formula is C22H19F3N6O2. The van der Waals surface area contributed by atoms with Gasteiger partial charge in [0.15, 0.2) is 0 Å². The molecule has 0 saturated heterocycles. The summed E-state index contributed by atoms with van der Waals surface area (Å²) in [5, 5.41) is 7.19. The van der Waals surface area contributed by atoms with E-state index >= 15 is 0 Å². The van der Waals surface area contributed by atoms with Gasteiger partial charge in [-0.25, -0.2) is 23.2 Å². The van der Waals surface area contributed by atoms with Gasteiger partial charge in [-0.1, -0.05) is 0 Å². The van der Waals surface area contributed by atoms with Crippen molar-refractivity contribution in [2.24, 2.45) is 7.05 Å². The number of aromatic nitrogens is 3. The first-order valence-electron chi connectivity index (χ1n) is 9.79. The van der Waals surface area contributed by atoms with Crippen LogP contribution >= 0.6 is 0 Å². The minimum atomic E-state index is -1.17. The maximum absolute atomic E-state index is 14.3. The molecule has 2 heterocycles. The van der Waals surface area contributed by atoms with Gasteiger partial charge < -0.3 is 5.73 Å². The van der Waals surface area contributed by atoms with Crippen LogP contribution in [0.2, 0.25) is 0 Å². The molecule has 0 aliphatic heterocycles. The number of rotatable bonds is 3. The molecule has 0 spiro atoms. The molecule has 0 saturated carbocycles. The number of hydrogen-bond acceptors (Lipinski definition) is 5. The molecule has 33 heavy (non-hydrogen) atoms. The molecule has 2 amide bonds. The van der Waals surface area contributed by atoms with Crippen LogP contribution in [0.3, 0.4) is 0 Å². The molecule has 170 valence electrons. The quantitative estimate of drug-likeness (QED) is 0.478. The first kappa shape index (κ1) is 22.1. The second kappa shape index (κ2) is 8.08. The molecule has 0 fully saturated rings. The summed E-state index contributed by atoms with van der Waals surface area (Å²) in [6.07, 6.45) is 1.56. The van der Waals surface area contributed by atoms with Crippen LogP contribution in [-0.2, 0) is 18.4 Å². The predicted molar refractivity (Wildman–Crippen MR) is 115 cm³/mol. The van der Waals surface area contributed by atoms with E-state index in [1.54, 1.807) is 30.1 Å². The SMILES string of the molecule is CC(=O)N(C)N(Cc1c(F)cc(F)cc1F)C(=O)c1ccc2nc(N)c3cnn(C)c3c2c1. The number of carbonyl (C=O) groups is 2. The predicted octanol–water partition coefficient (Wildman–Crippen LogP) is 3.16. The lowest BCUT2D eigenvalue weighted by atomic mass is 10.1. The fourth-order valence-corrected chi connectivity index (χ4v) is 3.60. The fraction of sp³-hybridized carbons (Fsp3) is 0.182. The van der Waals surface area contributed by atoms with Gasteiger partial charge in [-0.15, -0.1) is 0 Å². The van der Waals surface area contributed by atoms with Crippen molar-refractivity contribution in [1.29, 1.82) is 0 Å². The summed E-state index contributed by atoms with van der Waals surface area (Å²) in [6, 6.07) is 5.63. The lowest BCUT2D eigenvalue weighted by Gasteiger charge is -2.31. The van der Waals surface area contributed by atoms with Crippen molar-refractivity contribution in [3.05, 3.63) is 65.1 Å². The lowest BCUT2D eigenvalue weighted by molar-refractivity contribution is -0.140. The minimum absolute atomic E-state index is 0.132. The van der Waals surface area contributed by atoms with Crippen molar-refractivity contribution < 1.29 is 22.8 Å². The van der Waals surface area contributed by atoms with E-state index in [4.69, 9.17) is 5.73 Å². The topological polar surface area (TPSA) is 97.3 Å². The van der Waals surface area contributed by atoms with Crippen molar-refractivity contribution in [3.63, 3.8) is 0 Å². The number of carbonyl (C=O) groups excluding carboxylic acids is 2. The van der Waals surface area contributed by atoms with Crippen molar-refractivity contribution >= 4 is 39.4 Å². The Balaban J connectivity index is 1.82. The van der Waals surface area contributed by atoms with Gasteiger partial charge in [-0.05, 0) is 18.2 Å². The number of hydrogen-bond donors (Lipinski definition) is 1. The largest absolute Gasteiger partial charge is 0.383 e. The Labute approximate surface area is 186 Å². The van der Waals surface area contributed by atoms with Crippen LogP contribution in [-0.4, -0.2) is 43.6 Å². The molecule has 2 aromatic carbocycles. The van der Waals surface area contributed by atoms with Crippen molar-refractivity contribution in [1.82, 2.24) is 24.8 Å². The van der Waals surface area contributed by atoms with Crippen LogP contribution in [0.15, 0.2) is 36.5 Å². The highest BCUT2D eigenvalue weighted by Crippen LogP contribution is 2.29. The van der Waals surface area contributed by atoms with E-state index in [0.29, 0.717) is 33.9 Å². The van der Waals surface area contributed by atoms with Crippen LogP contribution in [0.25, 0.3) is 21.8 Å². The molecule has 4 rings (SSSR count). The van der Waals surface area contributed by atoms with Crippen LogP contribution in [0.5, 0.6) is 0 Å². The molecule has 2 aromatic heterocycles. The molecule has 0 radical (unpaired) electrons. The number of nitrogen functional groups attached to an aromatic ring is 1. The van der Waals surface area contributed by atoms with Crippen LogP contribution < -0.4 is 5.73 Å². The van der Waals surface area contributed by atoms with E-state index in [1.807, 2.05) is 0 Å². The highest BCUT2D eigenvalue weighted by molar-refractivity contribution is 6.10. The number of fused-ring (bicyclic) bond motifs is 3. The number of pyridine rings is 1. The van der Waals surface area contributed by atoms with E-state index in [2.05, 4.69) is 10.1 Å². The summed E-state index contributed by atoms with van der Waals surface area (Å²) in [4.78, 5) is 29.7. The highest BCUT2D eigenvalue weighted by atomic mass is 19.1. The molecule has 0 aliphatic carbocycles. The van der Waals surface area contributed by atoms with E-state index in [1.165, 1.54) is 20.0 Å². The molecular weight excluding hydrogens is 437 g/mol. The summed E-state index contributed by atoms with van der Waals surface area (Å²) in [5.74, 6) is -4.40. The Morgan fingerprint density at radius 2 is 1.76 bits per heavy atom. The molecule has 0 atom stereocenters. The Morgan fingerprint density at radius 1 is 1.09 bits per heavy atom. The monoisotopic (exact) mass is 456 g/mol. The van der Waals surface area contributed by atoms with Crippen LogP contribution in [0.1, 0.15) is 22.8 Å². The summed E-state index contributed by atoms with van der Waals surface area (Å²) in [5.41, 5.74) is 6.74. The lowest BCUT2D eigenvalue weighted by Crippen LogP contribution is -2.46. The summed E-state index contributed by atoms with van der Waals surface area (Å²) in [7, 11) is 3.01. The Hall–Kier alpha value is -4.15. The molecule has 4 aromatic rings. The second-order valence-corrected chi connectivity index (χ2v) is 7.51. The van der Waals surface area contributed by atoms with E-state index in [-0.39, 0.29) is 11.4 Å². The van der Waals surface area contributed by atoms with Gasteiger partial charge in [0, 0.05) is 49.7 Å². The van der Waals surface area contributed by atoms with Gasteiger partial charge >= 0.3 is 0 Å². The standard InChI is InChI=1S/C22H19F3N6O2/c1-11(32)30(3)31(10-16-17(24)7-13(23)8-18(16)25)22(33)12-4-5-19-14(6-12)20-15(21(26)28-19)9-27-29(20)2/h4-9H,10H2,1-3H3,(H2,26,28). The number of benzene rings is 2. The molecule has 2 N–H and O–H groups in total. The maximum Gasteiger partial charge on any atom is 0.272 e. The summed E-state index contributed by atoms with van der Waals surface area (Å²) in [6.45, 7) is 0.565. The smallest absolute Gasteiger partial charge is 0.272 e. The van der Waals surface area contributed by atoms with Crippen LogP contribution in [0, 0.1) is 17.5 Å². The number of anilines is 1. The van der Waals surface area contributed by atoms with Gasteiger partial charge in [-0.2, -0.15) is 5.10 Å². The zero-order chi connectivity index (χ0) is 24.0. The van der Waals surface area contributed by atoms with Gasteiger partial charge in [-0.3, -0.25) is 19.3 Å². The number of aryl methyl sites for hydroxylation is 1. The third-order valence-electron chi connectivity index (χ3n) is 5.42. The Kier molecular flexibility index (Phi) is 5.40. The summed E-state index contributed by atoms with van der Waals surface area (Å²) < 4.78 is 43.5. The normalized spacial score (nSPS) is 11.2. The number of nitrogens with two attached hydrogens (primary N) is 1. The van der Waals surface area contributed by atoms with Gasteiger partial charge in [0.25, 0.3) is 5.91 Å². The first-order valence-corrected chi connectivity index (χ1v) is 9.79. The van der Waals surface area contributed by atoms with Gasteiger partial charge in [0.2, 0.25) is 5.91 Å². The summed E-state index contributed by atoms with van der Waals surface area (Å²) >= 11 is 0. The van der Waals surface area contributed by atoms with E-state index < -0.39 is 41.4 Å². The fourth-order valence-electron chi connectivity index (χ4n) is 3.60. The average molecular weight is 456 g/mol. The molecule has 0 unspecified atom stereocenters. The average Bonchev–Trinajstić information content (AvgIpc) is 3.15. The third kappa shape index (κ3) is 3.81. The van der Waals surface area contributed by atoms with E-state index in [0.717, 1.165) is 10.0 Å². The number of amides is 2. The molecule has 0 bridgehead atoms.